The molecule has 7 nitrogen and oxygen atoms in total. The molecule has 2 aromatic carbocycles. The first-order chi connectivity index (χ1) is 14.9. The molecule has 0 radical (unpaired) electrons. The number of anilines is 2. The molecular formula is C23H24FN5O2. The van der Waals surface area contributed by atoms with Gasteiger partial charge in [-0.25, -0.2) is 19.2 Å². The van der Waals surface area contributed by atoms with Crippen molar-refractivity contribution in [2.75, 3.05) is 11.9 Å². The second-order valence-electron chi connectivity index (χ2n) is 7.93. The van der Waals surface area contributed by atoms with Gasteiger partial charge in [-0.1, -0.05) is 30.3 Å². The highest BCUT2D eigenvalue weighted by Gasteiger charge is 2.42. The fourth-order valence-electron chi connectivity index (χ4n) is 3.74. The number of hydrogen-bond acceptors (Lipinski definition) is 5. The van der Waals surface area contributed by atoms with Crippen molar-refractivity contribution in [3.8, 4) is 0 Å². The van der Waals surface area contributed by atoms with Gasteiger partial charge < -0.3 is 20.6 Å². The molecule has 3 N–H and O–H groups in total. The summed E-state index contributed by atoms with van der Waals surface area (Å²) in [5.74, 6) is 0.0569. The predicted octanol–water partition coefficient (Wildman–Crippen LogP) is 3.85. The van der Waals surface area contributed by atoms with Crippen molar-refractivity contribution in [1.29, 1.82) is 0 Å². The quantitative estimate of drug-likeness (QED) is 0.582. The Hall–Kier alpha value is -3.52. The van der Waals surface area contributed by atoms with Gasteiger partial charge in [-0.3, -0.25) is 0 Å². The number of benzene rings is 2. The number of nitrogens with one attached hydrogen (secondary N) is 2. The summed E-state index contributed by atoms with van der Waals surface area (Å²) in [4.78, 5) is 23.7. The molecule has 1 aromatic heterocycles. The zero-order chi connectivity index (χ0) is 22.0. The van der Waals surface area contributed by atoms with Crippen LogP contribution in [-0.2, 0) is 12.1 Å². The fourth-order valence-corrected chi connectivity index (χ4v) is 3.74. The Morgan fingerprint density at radius 3 is 2.58 bits per heavy atom. The highest BCUT2D eigenvalue weighted by atomic mass is 19.1. The zero-order valence-electron chi connectivity index (χ0n) is 17.3. The average molecular weight is 421 g/mol. The van der Waals surface area contributed by atoms with Crippen LogP contribution < -0.4 is 10.6 Å². The Balaban J connectivity index is 1.52. The van der Waals surface area contributed by atoms with E-state index in [9.17, 15) is 14.3 Å². The number of urea groups is 1. The molecule has 31 heavy (non-hydrogen) atoms. The van der Waals surface area contributed by atoms with Crippen LogP contribution in [0, 0.1) is 5.82 Å². The maximum absolute atomic E-state index is 13.1. The van der Waals surface area contributed by atoms with Gasteiger partial charge in [-0.05, 0) is 43.7 Å². The van der Waals surface area contributed by atoms with Crippen molar-refractivity contribution in [2.45, 2.75) is 32.0 Å². The zero-order valence-corrected chi connectivity index (χ0v) is 17.3. The van der Waals surface area contributed by atoms with E-state index in [0.717, 1.165) is 16.8 Å². The van der Waals surface area contributed by atoms with Crippen LogP contribution in [0.15, 0.2) is 60.8 Å². The first-order valence-corrected chi connectivity index (χ1v) is 10.0. The average Bonchev–Trinajstić information content (AvgIpc) is 3.04. The molecule has 0 bridgehead atoms. The van der Waals surface area contributed by atoms with Crippen molar-refractivity contribution in [3.63, 3.8) is 0 Å². The third-order valence-electron chi connectivity index (χ3n) is 5.54. The number of hydrogen-bond donors (Lipinski definition) is 3. The van der Waals surface area contributed by atoms with Gasteiger partial charge in [0.1, 0.15) is 5.82 Å². The first-order valence-electron chi connectivity index (χ1n) is 10.0. The second-order valence-corrected chi connectivity index (χ2v) is 7.93. The molecular weight excluding hydrogens is 397 g/mol. The minimum Gasteiger partial charge on any atom is -0.394 e. The molecule has 0 saturated carbocycles. The Morgan fingerprint density at radius 2 is 1.90 bits per heavy atom. The number of carbonyl (C=O) groups excluding carboxylic acids is 1. The Bertz CT molecular complexity index is 1070. The van der Waals surface area contributed by atoms with Gasteiger partial charge in [-0.15, -0.1) is 0 Å². The molecule has 1 aliphatic rings. The highest BCUT2D eigenvalue weighted by molar-refractivity contribution is 5.77. The summed E-state index contributed by atoms with van der Waals surface area (Å²) in [6, 6.07) is 14.5. The third kappa shape index (κ3) is 4.20. The fraction of sp³-hybridized carbons (Fsp3) is 0.261. The van der Waals surface area contributed by atoms with Gasteiger partial charge in [0, 0.05) is 17.4 Å². The number of amides is 2. The number of aliphatic hydroxyl groups is 1. The van der Waals surface area contributed by atoms with E-state index >= 15 is 0 Å². The van der Waals surface area contributed by atoms with Gasteiger partial charge in [0.15, 0.2) is 0 Å². The number of rotatable bonds is 5. The van der Waals surface area contributed by atoms with Crippen molar-refractivity contribution < 1.29 is 14.3 Å². The normalized spacial score (nSPS) is 15.3. The van der Waals surface area contributed by atoms with Crippen LogP contribution in [0.1, 0.15) is 36.7 Å². The minimum atomic E-state index is -0.621. The maximum Gasteiger partial charge on any atom is 0.319 e. The van der Waals surface area contributed by atoms with E-state index in [1.807, 2.05) is 44.2 Å². The highest BCUT2D eigenvalue weighted by Crippen LogP contribution is 2.38. The summed E-state index contributed by atoms with van der Waals surface area (Å²) < 4.78 is 13.1. The summed E-state index contributed by atoms with van der Waals surface area (Å²) in [6.45, 7) is 3.97. The lowest BCUT2D eigenvalue weighted by Gasteiger charge is -2.33. The molecule has 0 aliphatic carbocycles. The Labute approximate surface area is 180 Å². The summed E-state index contributed by atoms with van der Waals surface area (Å²) in [5.41, 5.74) is 2.47. The molecule has 0 fully saturated rings. The molecule has 2 heterocycles. The third-order valence-corrected chi connectivity index (χ3v) is 5.54. The SMILES string of the molecule is CC1(C)c2cnc(Nc3ccc(F)cc3)nc2CN1C(=O)N[C@H](CO)c1ccccc1. The molecule has 0 saturated heterocycles. The molecule has 3 aromatic rings. The summed E-state index contributed by atoms with van der Waals surface area (Å²) in [7, 11) is 0. The second kappa shape index (κ2) is 8.31. The van der Waals surface area contributed by atoms with Gasteiger partial charge in [0.2, 0.25) is 5.95 Å². The van der Waals surface area contributed by atoms with Crippen molar-refractivity contribution in [1.82, 2.24) is 20.2 Å². The lowest BCUT2D eigenvalue weighted by atomic mass is 9.97. The molecule has 0 spiro atoms. The number of fused-ring (bicyclic) bond motifs is 1. The van der Waals surface area contributed by atoms with E-state index in [-0.39, 0.29) is 18.5 Å². The summed E-state index contributed by atoms with van der Waals surface area (Å²) in [6.07, 6.45) is 1.71. The van der Waals surface area contributed by atoms with Crippen molar-refractivity contribution in [2.24, 2.45) is 0 Å². The lowest BCUT2D eigenvalue weighted by molar-refractivity contribution is 0.136. The van der Waals surface area contributed by atoms with Crippen LogP contribution >= 0.6 is 0 Å². The van der Waals surface area contributed by atoms with Crippen LogP contribution in [0.25, 0.3) is 0 Å². The molecule has 4 rings (SSSR count). The topological polar surface area (TPSA) is 90.4 Å². The largest absolute Gasteiger partial charge is 0.394 e. The standard InChI is InChI=1S/C23H24FN5O2/c1-23(2)18-12-25-21(26-17-10-8-16(24)9-11-17)27-19(18)13-29(23)22(31)28-20(14-30)15-6-4-3-5-7-15/h3-12,20,30H,13-14H2,1-2H3,(H,28,31)(H,25,26,27)/t20-/m1/s1. The Kier molecular flexibility index (Phi) is 5.56. The maximum atomic E-state index is 13.1. The van der Waals surface area contributed by atoms with E-state index < -0.39 is 11.6 Å². The lowest BCUT2D eigenvalue weighted by Crippen LogP contribution is -2.47. The molecule has 160 valence electrons. The predicted molar refractivity (Wildman–Crippen MR) is 115 cm³/mol. The monoisotopic (exact) mass is 421 g/mol. The van der Waals surface area contributed by atoms with E-state index in [2.05, 4.69) is 20.6 Å². The van der Waals surface area contributed by atoms with E-state index in [1.165, 1.54) is 12.1 Å². The van der Waals surface area contributed by atoms with E-state index in [1.54, 1.807) is 23.2 Å². The number of nitrogens with zero attached hydrogens (tertiary/aromatic N) is 3. The van der Waals surface area contributed by atoms with Crippen LogP contribution in [0.2, 0.25) is 0 Å². The number of aliphatic hydroxyl groups excluding tert-OH is 1. The number of aromatic nitrogens is 2. The molecule has 2 amide bonds. The van der Waals surface area contributed by atoms with Gasteiger partial charge in [-0.2, -0.15) is 0 Å². The number of carbonyl (C=O) groups is 1. The van der Waals surface area contributed by atoms with Gasteiger partial charge >= 0.3 is 6.03 Å². The van der Waals surface area contributed by atoms with Crippen LogP contribution in [0.5, 0.6) is 0 Å². The smallest absolute Gasteiger partial charge is 0.319 e. The van der Waals surface area contributed by atoms with Crippen molar-refractivity contribution >= 4 is 17.7 Å². The molecule has 8 heteroatoms. The summed E-state index contributed by atoms with van der Waals surface area (Å²) >= 11 is 0. The van der Waals surface area contributed by atoms with Crippen molar-refractivity contribution in [3.05, 3.63) is 83.4 Å². The van der Waals surface area contributed by atoms with Crippen LogP contribution in [-0.4, -0.2) is 32.6 Å². The summed E-state index contributed by atoms with van der Waals surface area (Å²) in [5, 5.41) is 15.7. The van der Waals surface area contributed by atoms with E-state index in [4.69, 9.17) is 0 Å². The molecule has 1 atom stereocenters. The van der Waals surface area contributed by atoms with Gasteiger partial charge in [0.25, 0.3) is 0 Å². The van der Waals surface area contributed by atoms with E-state index in [0.29, 0.717) is 18.2 Å². The minimum absolute atomic E-state index is 0.206. The van der Waals surface area contributed by atoms with Crippen LogP contribution in [0.4, 0.5) is 20.8 Å². The first kappa shape index (κ1) is 20.7. The van der Waals surface area contributed by atoms with Crippen LogP contribution in [0.3, 0.4) is 0 Å². The molecule has 0 unspecified atom stereocenters. The Morgan fingerprint density at radius 1 is 1.19 bits per heavy atom. The molecule has 1 aliphatic heterocycles. The van der Waals surface area contributed by atoms with Gasteiger partial charge in [0.05, 0.1) is 30.4 Å². The number of halogens is 1.